The van der Waals surface area contributed by atoms with Crippen molar-refractivity contribution in [2.24, 2.45) is 0 Å². The van der Waals surface area contributed by atoms with Gasteiger partial charge in [-0.15, -0.1) is 0 Å². The van der Waals surface area contributed by atoms with Crippen molar-refractivity contribution in [1.29, 1.82) is 0 Å². The first kappa shape index (κ1) is 21.0. The number of nitro groups is 1. The number of carbonyl (C=O) groups excluding carboxylic acids is 1. The van der Waals surface area contributed by atoms with Crippen molar-refractivity contribution in [3.8, 4) is 0 Å². The predicted molar refractivity (Wildman–Crippen MR) is 111 cm³/mol. The van der Waals surface area contributed by atoms with Crippen molar-refractivity contribution in [2.75, 3.05) is 13.1 Å². The molecule has 2 atom stereocenters. The zero-order chi connectivity index (χ0) is 21.0. The number of nitrogens with zero attached hydrogens (tertiary/aromatic N) is 2. The van der Waals surface area contributed by atoms with Gasteiger partial charge in [0.15, 0.2) is 0 Å². The molecule has 1 aliphatic rings. The quantitative estimate of drug-likeness (QED) is 0.596. The number of hydrogen-bond acceptors (Lipinski definition) is 5. The molecule has 0 radical (unpaired) electrons. The number of rotatable bonds is 6. The highest BCUT2D eigenvalue weighted by molar-refractivity contribution is 5.94. The Bertz CT molecular complexity index is 872. The van der Waals surface area contributed by atoms with Crippen molar-refractivity contribution < 1.29 is 14.5 Å². The van der Waals surface area contributed by atoms with E-state index in [1.165, 1.54) is 0 Å². The van der Waals surface area contributed by atoms with Gasteiger partial charge in [-0.25, -0.2) is 0 Å². The highest BCUT2D eigenvalue weighted by Crippen LogP contribution is 2.19. The van der Waals surface area contributed by atoms with E-state index in [4.69, 9.17) is 4.74 Å². The molecule has 3 rings (SSSR count). The summed E-state index contributed by atoms with van der Waals surface area (Å²) in [4.78, 5) is 25.3. The van der Waals surface area contributed by atoms with E-state index in [0.717, 1.165) is 11.1 Å². The highest BCUT2D eigenvalue weighted by atomic mass is 16.6. The number of hydrogen-bond donors (Lipinski definition) is 1. The van der Waals surface area contributed by atoms with Gasteiger partial charge in [-0.2, -0.15) is 0 Å². The van der Waals surface area contributed by atoms with E-state index in [-0.39, 0.29) is 28.7 Å². The molecule has 7 nitrogen and oxygen atoms in total. The second kappa shape index (κ2) is 9.15. The zero-order valence-corrected chi connectivity index (χ0v) is 17.1. The van der Waals surface area contributed by atoms with E-state index in [0.29, 0.717) is 37.3 Å². The second-order valence-corrected chi connectivity index (χ2v) is 7.65. The van der Waals surface area contributed by atoms with Gasteiger partial charge in [-0.1, -0.05) is 24.3 Å². The van der Waals surface area contributed by atoms with Crippen molar-refractivity contribution in [1.82, 2.24) is 10.2 Å². The molecule has 29 heavy (non-hydrogen) atoms. The number of amides is 1. The number of benzene rings is 2. The van der Waals surface area contributed by atoms with Crippen LogP contribution in [-0.2, 0) is 17.8 Å². The minimum atomic E-state index is -0.357. The fraction of sp³-hybridized carbons (Fsp3) is 0.409. The number of ether oxygens (including phenoxy) is 1. The molecule has 0 saturated carbocycles. The number of nitrogens with one attached hydrogen (secondary N) is 1. The van der Waals surface area contributed by atoms with Gasteiger partial charge in [0, 0.05) is 43.4 Å². The van der Waals surface area contributed by atoms with E-state index in [1.807, 2.05) is 49.1 Å². The highest BCUT2D eigenvalue weighted by Gasteiger charge is 2.26. The number of nitro benzene ring substituents is 1. The van der Waals surface area contributed by atoms with Crippen LogP contribution in [-0.4, -0.2) is 41.0 Å². The summed E-state index contributed by atoms with van der Waals surface area (Å²) in [7, 11) is 0. The van der Waals surface area contributed by atoms with Gasteiger partial charge >= 0.3 is 0 Å². The first-order valence-electron chi connectivity index (χ1n) is 9.82. The van der Waals surface area contributed by atoms with Gasteiger partial charge in [0.25, 0.3) is 11.6 Å². The van der Waals surface area contributed by atoms with Crippen LogP contribution in [0.15, 0.2) is 42.5 Å². The van der Waals surface area contributed by atoms with Crippen LogP contribution in [0, 0.1) is 17.0 Å². The largest absolute Gasteiger partial charge is 0.372 e. The molecule has 0 aliphatic carbocycles. The van der Waals surface area contributed by atoms with Crippen LogP contribution in [0.4, 0.5) is 5.69 Å². The molecule has 1 amide bonds. The zero-order valence-electron chi connectivity index (χ0n) is 17.1. The smallest absolute Gasteiger partial charge is 0.272 e. The summed E-state index contributed by atoms with van der Waals surface area (Å²) < 4.78 is 5.69. The molecule has 1 aliphatic heterocycles. The van der Waals surface area contributed by atoms with Gasteiger partial charge in [0.05, 0.1) is 17.1 Å². The maximum absolute atomic E-state index is 12.7. The van der Waals surface area contributed by atoms with Crippen molar-refractivity contribution in [2.45, 2.75) is 46.1 Å². The Labute approximate surface area is 170 Å². The first-order valence-corrected chi connectivity index (χ1v) is 9.82. The molecule has 2 unspecified atom stereocenters. The Balaban J connectivity index is 1.55. The van der Waals surface area contributed by atoms with Crippen LogP contribution in [0.3, 0.4) is 0 Å². The summed E-state index contributed by atoms with van der Waals surface area (Å²) >= 11 is 0. The fourth-order valence-corrected chi connectivity index (χ4v) is 3.60. The minimum Gasteiger partial charge on any atom is -0.372 e. The van der Waals surface area contributed by atoms with E-state index in [9.17, 15) is 14.9 Å². The van der Waals surface area contributed by atoms with E-state index >= 15 is 0 Å². The molecule has 1 N–H and O–H groups in total. The predicted octanol–water partition coefficient (Wildman–Crippen LogP) is 3.44. The van der Waals surface area contributed by atoms with Crippen LogP contribution in [0.2, 0.25) is 0 Å². The Morgan fingerprint density at radius 2 is 1.69 bits per heavy atom. The molecule has 1 fully saturated rings. The summed E-state index contributed by atoms with van der Waals surface area (Å²) in [6.07, 6.45) is 0.0903. The summed E-state index contributed by atoms with van der Waals surface area (Å²) in [5, 5.41) is 14.3. The summed E-state index contributed by atoms with van der Waals surface area (Å²) in [5.41, 5.74) is 3.38. The number of aryl methyl sites for hydroxylation is 1. The summed E-state index contributed by atoms with van der Waals surface area (Å²) in [6.45, 7) is 8.05. The Hall–Kier alpha value is -2.77. The molecule has 154 valence electrons. The molecular weight excluding hydrogens is 370 g/mol. The Kier molecular flexibility index (Phi) is 6.61. The molecule has 1 saturated heterocycles. The first-order chi connectivity index (χ1) is 13.8. The second-order valence-electron chi connectivity index (χ2n) is 7.65. The Morgan fingerprint density at radius 3 is 2.31 bits per heavy atom. The van der Waals surface area contributed by atoms with Crippen molar-refractivity contribution in [3.05, 3.63) is 74.8 Å². The van der Waals surface area contributed by atoms with E-state index < -0.39 is 0 Å². The maximum Gasteiger partial charge on any atom is 0.272 e. The van der Waals surface area contributed by atoms with Gasteiger partial charge in [-0.3, -0.25) is 14.9 Å². The monoisotopic (exact) mass is 397 g/mol. The standard InChI is InChI=1S/C22H27N3O4/c1-15-4-5-19(10-21(15)25(27)28)12-23-11-18-6-8-20(9-7-18)22(26)24-13-16(2)29-17(3)14-24/h4-10,16-17,23H,11-14H2,1-3H3. The normalized spacial score (nSPS) is 19.2. The maximum atomic E-state index is 12.7. The minimum absolute atomic E-state index is 0.0264. The number of morpholine rings is 1. The fourth-order valence-electron chi connectivity index (χ4n) is 3.60. The molecule has 1 heterocycles. The lowest BCUT2D eigenvalue weighted by atomic mass is 10.1. The third-order valence-corrected chi connectivity index (χ3v) is 5.04. The van der Waals surface area contributed by atoms with E-state index in [2.05, 4.69) is 5.32 Å². The van der Waals surface area contributed by atoms with Crippen LogP contribution >= 0.6 is 0 Å². The number of carbonyl (C=O) groups is 1. The van der Waals surface area contributed by atoms with Crippen LogP contribution in [0.1, 0.15) is 40.9 Å². The average molecular weight is 397 g/mol. The average Bonchev–Trinajstić information content (AvgIpc) is 2.68. The van der Waals surface area contributed by atoms with Crippen LogP contribution in [0.5, 0.6) is 0 Å². The third-order valence-electron chi connectivity index (χ3n) is 5.04. The van der Waals surface area contributed by atoms with Crippen LogP contribution < -0.4 is 5.32 Å². The van der Waals surface area contributed by atoms with Gasteiger partial charge < -0.3 is 15.0 Å². The van der Waals surface area contributed by atoms with Crippen LogP contribution in [0.25, 0.3) is 0 Å². The molecule has 2 aromatic rings. The van der Waals surface area contributed by atoms with E-state index in [1.54, 1.807) is 19.1 Å². The van der Waals surface area contributed by atoms with Crippen molar-refractivity contribution in [3.63, 3.8) is 0 Å². The van der Waals surface area contributed by atoms with Crippen molar-refractivity contribution >= 4 is 11.6 Å². The molecule has 7 heteroatoms. The van der Waals surface area contributed by atoms with Gasteiger partial charge in [-0.05, 0) is 44.0 Å². The lowest BCUT2D eigenvalue weighted by Gasteiger charge is -2.35. The van der Waals surface area contributed by atoms with Gasteiger partial charge in [0.1, 0.15) is 0 Å². The molecular formula is C22H27N3O4. The molecule has 0 aromatic heterocycles. The van der Waals surface area contributed by atoms with Gasteiger partial charge in [0.2, 0.25) is 0 Å². The third kappa shape index (κ3) is 5.40. The lowest BCUT2D eigenvalue weighted by Crippen LogP contribution is -2.48. The Morgan fingerprint density at radius 1 is 1.10 bits per heavy atom. The SMILES string of the molecule is Cc1ccc(CNCc2ccc(C(=O)N3CC(C)OC(C)C3)cc2)cc1[N+](=O)[O-]. The molecule has 0 spiro atoms. The lowest BCUT2D eigenvalue weighted by molar-refractivity contribution is -0.385. The molecule has 2 aromatic carbocycles. The summed E-state index contributed by atoms with van der Waals surface area (Å²) in [6, 6.07) is 12.8. The molecule has 0 bridgehead atoms. The summed E-state index contributed by atoms with van der Waals surface area (Å²) in [5.74, 6) is 0.0264. The topological polar surface area (TPSA) is 84.7 Å².